The predicted molar refractivity (Wildman–Crippen MR) is 108 cm³/mol. The van der Waals surface area contributed by atoms with Gasteiger partial charge in [0.15, 0.2) is 0 Å². The van der Waals surface area contributed by atoms with Crippen LogP contribution in [0.5, 0.6) is 0 Å². The summed E-state index contributed by atoms with van der Waals surface area (Å²) in [6, 6.07) is 13.9. The van der Waals surface area contributed by atoms with Crippen molar-refractivity contribution in [1.82, 2.24) is 9.71 Å². The van der Waals surface area contributed by atoms with Crippen LogP contribution in [0.1, 0.15) is 27.2 Å². The van der Waals surface area contributed by atoms with Crippen LogP contribution < -0.4 is 4.72 Å². The van der Waals surface area contributed by atoms with Crippen molar-refractivity contribution in [3.05, 3.63) is 70.2 Å². The fourth-order valence-corrected chi connectivity index (χ4v) is 4.00. The molecule has 1 aromatic heterocycles. The third kappa shape index (κ3) is 4.72. The summed E-state index contributed by atoms with van der Waals surface area (Å²) in [6.07, 6.45) is 0.826. The van der Waals surface area contributed by atoms with E-state index >= 15 is 0 Å². The van der Waals surface area contributed by atoms with Crippen LogP contribution in [0.4, 0.5) is 0 Å². The van der Waals surface area contributed by atoms with Gasteiger partial charge in [-0.15, -0.1) is 11.3 Å². The van der Waals surface area contributed by atoms with E-state index in [1.807, 2.05) is 12.1 Å². The van der Waals surface area contributed by atoms with Crippen molar-refractivity contribution in [3.8, 4) is 10.6 Å². The molecule has 26 heavy (non-hydrogen) atoms. The monoisotopic (exact) mass is 384 g/mol. The average Bonchev–Trinajstić information content (AvgIpc) is 3.09. The van der Waals surface area contributed by atoms with Crippen LogP contribution in [0.25, 0.3) is 10.6 Å². The van der Waals surface area contributed by atoms with Crippen LogP contribution >= 0.6 is 23.3 Å². The first-order valence-electron chi connectivity index (χ1n) is 8.28. The summed E-state index contributed by atoms with van der Waals surface area (Å²) < 4.78 is 3.28. The Kier molecular flexibility index (Phi) is 6.08. The smallest absolute Gasteiger partial charge is 0.335 e. The zero-order valence-corrected chi connectivity index (χ0v) is 16.3. The van der Waals surface area contributed by atoms with E-state index in [0.29, 0.717) is 5.56 Å². The number of nitrogens with one attached hydrogen (secondary N) is 1. The minimum Gasteiger partial charge on any atom is -0.478 e. The Morgan fingerprint density at radius 3 is 2.69 bits per heavy atom. The lowest BCUT2D eigenvalue weighted by Crippen LogP contribution is -2.09. The minimum absolute atomic E-state index is 0.346. The van der Waals surface area contributed by atoms with Gasteiger partial charge in [0, 0.05) is 28.8 Å². The number of carboxylic acids is 1. The molecule has 0 amide bonds. The molecule has 0 radical (unpaired) electrons. The number of aryl methyl sites for hydroxylation is 2. The second-order valence-corrected chi connectivity index (χ2v) is 7.86. The molecule has 1 heterocycles. The number of carboxylic acid groups (broad SMARTS) is 1. The minimum atomic E-state index is -0.893. The highest BCUT2D eigenvalue weighted by molar-refractivity contribution is 7.97. The van der Waals surface area contributed by atoms with Gasteiger partial charge in [0.2, 0.25) is 0 Å². The molecule has 3 rings (SSSR count). The molecule has 0 aliphatic rings. The second kappa shape index (κ2) is 8.49. The van der Waals surface area contributed by atoms with Crippen LogP contribution in [0.2, 0.25) is 0 Å². The van der Waals surface area contributed by atoms with Gasteiger partial charge < -0.3 is 5.11 Å². The largest absolute Gasteiger partial charge is 0.478 e. The summed E-state index contributed by atoms with van der Waals surface area (Å²) in [6.45, 7) is 4.64. The van der Waals surface area contributed by atoms with Crippen LogP contribution in [0.3, 0.4) is 0 Å². The number of rotatable bonds is 7. The lowest BCUT2D eigenvalue weighted by molar-refractivity contribution is 0.0696. The Hall–Kier alpha value is -2.15. The van der Waals surface area contributed by atoms with Gasteiger partial charge in [-0.05, 0) is 43.5 Å². The van der Waals surface area contributed by atoms with E-state index in [-0.39, 0.29) is 0 Å². The summed E-state index contributed by atoms with van der Waals surface area (Å²) in [4.78, 5) is 16.8. The number of hydrogen-bond donors (Lipinski definition) is 2. The average molecular weight is 385 g/mol. The van der Waals surface area contributed by atoms with Crippen molar-refractivity contribution >= 4 is 29.3 Å². The molecular weight excluding hydrogens is 364 g/mol. The van der Waals surface area contributed by atoms with Crippen LogP contribution in [-0.2, 0) is 6.42 Å². The summed E-state index contributed by atoms with van der Waals surface area (Å²) >= 11 is 3.11. The zero-order chi connectivity index (χ0) is 18.5. The van der Waals surface area contributed by atoms with Gasteiger partial charge in [0.25, 0.3) is 0 Å². The van der Waals surface area contributed by atoms with E-state index in [1.165, 1.54) is 17.5 Å². The quantitative estimate of drug-likeness (QED) is 0.445. The SMILES string of the molecule is Cc1ccc(-c2nc(CCNSc3ccc(C)c(C(=O)O)c3)cs2)cc1. The van der Waals surface area contributed by atoms with E-state index in [0.717, 1.165) is 39.7 Å². The van der Waals surface area contributed by atoms with Gasteiger partial charge in [-0.3, -0.25) is 4.72 Å². The molecular formula is C20H20N2O2S2. The summed E-state index contributed by atoms with van der Waals surface area (Å²) in [5.74, 6) is -0.893. The maximum Gasteiger partial charge on any atom is 0.335 e. The highest BCUT2D eigenvalue weighted by Gasteiger charge is 2.08. The first kappa shape index (κ1) is 18.6. The van der Waals surface area contributed by atoms with E-state index in [9.17, 15) is 9.90 Å². The fraction of sp³-hybridized carbons (Fsp3) is 0.200. The van der Waals surface area contributed by atoms with E-state index in [4.69, 9.17) is 4.98 Å². The van der Waals surface area contributed by atoms with Crippen molar-refractivity contribution in [2.45, 2.75) is 25.2 Å². The third-order valence-corrected chi connectivity index (χ3v) is 5.74. The van der Waals surface area contributed by atoms with E-state index in [2.05, 4.69) is 41.3 Å². The maximum atomic E-state index is 11.2. The molecule has 0 saturated heterocycles. The number of hydrogen-bond acceptors (Lipinski definition) is 5. The van der Waals surface area contributed by atoms with Gasteiger partial charge >= 0.3 is 5.97 Å². The Labute approximate surface area is 161 Å². The summed E-state index contributed by atoms with van der Waals surface area (Å²) in [5.41, 5.74) is 4.57. The number of benzene rings is 2. The molecule has 4 nitrogen and oxygen atoms in total. The molecule has 0 unspecified atom stereocenters. The number of aromatic carboxylic acids is 1. The van der Waals surface area contributed by atoms with Crippen LogP contribution in [-0.4, -0.2) is 22.6 Å². The molecule has 0 spiro atoms. The van der Waals surface area contributed by atoms with Crippen molar-refractivity contribution in [2.24, 2.45) is 0 Å². The standard InChI is InChI=1S/C20H20N2O2S2/c1-13-3-6-15(7-4-13)19-22-16(12-25-19)9-10-21-26-17-8-5-14(2)18(11-17)20(23)24/h3-8,11-12,21H,9-10H2,1-2H3,(H,23,24). The lowest BCUT2D eigenvalue weighted by atomic mass is 10.1. The molecule has 0 saturated carbocycles. The Balaban J connectivity index is 1.52. The van der Waals surface area contributed by atoms with Gasteiger partial charge in [0.1, 0.15) is 5.01 Å². The number of aromatic nitrogens is 1. The van der Waals surface area contributed by atoms with Crippen molar-refractivity contribution < 1.29 is 9.90 Å². The Morgan fingerprint density at radius 1 is 1.19 bits per heavy atom. The lowest BCUT2D eigenvalue weighted by Gasteiger charge is -2.06. The Bertz CT molecular complexity index is 904. The molecule has 0 bridgehead atoms. The zero-order valence-electron chi connectivity index (χ0n) is 14.7. The van der Waals surface area contributed by atoms with Crippen molar-refractivity contribution in [1.29, 1.82) is 0 Å². The van der Waals surface area contributed by atoms with Crippen molar-refractivity contribution in [2.75, 3.05) is 6.54 Å². The second-order valence-electron chi connectivity index (χ2n) is 6.04. The van der Waals surface area contributed by atoms with Crippen molar-refractivity contribution in [3.63, 3.8) is 0 Å². The molecule has 2 N–H and O–H groups in total. The highest BCUT2D eigenvalue weighted by atomic mass is 32.2. The number of thiazole rings is 1. The predicted octanol–water partition coefficient (Wildman–Crippen LogP) is 4.96. The van der Waals surface area contributed by atoms with Gasteiger partial charge in [-0.1, -0.05) is 35.9 Å². The van der Waals surface area contributed by atoms with Crippen LogP contribution in [0.15, 0.2) is 52.7 Å². The molecule has 2 aromatic carbocycles. The third-order valence-electron chi connectivity index (χ3n) is 3.96. The number of nitrogens with zero attached hydrogens (tertiary/aromatic N) is 1. The Morgan fingerprint density at radius 2 is 1.96 bits per heavy atom. The van der Waals surface area contributed by atoms with E-state index in [1.54, 1.807) is 24.3 Å². The molecule has 3 aromatic rings. The molecule has 0 aliphatic carbocycles. The number of carbonyl (C=O) groups is 1. The first-order chi connectivity index (χ1) is 12.5. The first-order valence-corrected chi connectivity index (χ1v) is 9.97. The normalized spacial score (nSPS) is 10.8. The highest BCUT2D eigenvalue weighted by Crippen LogP contribution is 2.24. The van der Waals surface area contributed by atoms with Crippen LogP contribution in [0, 0.1) is 13.8 Å². The molecule has 0 aliphatic heterocycles. The van der Waals surface area contributed by atoms with Gasteiger partial charge in [-0.2, -0.15) is 0 Å². The van der Waals surface area contributed by atoms with Gasteiger partial charge in [-0.25, -0.2) is 9.78 Å². The van der Waals surface area contributed by atoms with Gasteiger partial charge in [0.05, 0.1) is 11.3 Å². The topological polar surface area (TPSA) is 62.2 Å². The molecule has 0 atom stereocenters. The maximum absolute atomic E-state index is 11.2. The molecule has 6 heteroatoms. The molecule has 0 fully saturated rings. The summed E-state index contributed by atoms with van der Waals surface area (Å²) in [5, 5.41) is 12.3. The van der Waals surface area contributed by atoms with E-state index < -0.39 is 5.97 Å². The molecule has 134 valence electrons. The fourth-order valence-electron chi connectivity index (χ4n) is 2.46. The summed E-state index contributed by atoms with van der Waals surface area (Å²) in [7, 11) is 0.